The van der Waals surface area contributed by atoms with Crippen LogP contribution in [0, 0.1) is 6.92 Å². The van der Waals surface area contributed by atoms with E-state index in [1.165, 1.54) is 12.0 Å². The highest BCUT2D eigenvalue weighted by molar-refractivity contribution is 5.87. The molecule has 0 bridgehead atoms. The highest BCUT2D eigenvalue weighted by Crippen LogP contribution is 2.17. The van der Waals surface area contributed by atoms with E-state index < -0.39 is 12.2 Å². The molecular formula is C13H19NO3. The van der Waals surface area contributed by atoms with Gasteiger partial charge in [-0.2, -0.15) is 0 Å². The molecule has 4 nitrogen and oxygen atoms in total. The number of hydrogen-bond donors (Lipinski definition) is 1. The number of carbonyl (C=O) groups is 1. The number of aryl methyl sites for hydroxylation is 1. The molecular weight excluding hydrogens is 218 g/mol. The molecule has 0 fully saturated rings. The molecule has 0 saturated carbocycles. The first-order valence-corrected chi connectivity index (χ1v) is 5.68. The fourth-order valence-corrected chi connectivity index (χ4v) is 1.46. The van der Waals surface area contributed by atoms with Crippen molar-refractivity contribution in [3.05, 3.63) is 29.8 Å². The van der Waals surface area contributed by atoms with Crippen molar-refractivity contribution in [3.8, 4) is 0 Å². The van der Waals surface area contributed by atoms with Gasteiger partial charge in [0.25, 0.3) is 0 Å². The second-order valence-corrected chi connectivity index (χ2v) is 3.98. The number of amides is 1. The van der Waals surface area contributed by atoms with Gasteiger partial charge in [0.1, 0.15) is 0 Å². The summed E-state index contributed by atoms with van der Waals surface area (Å²) in [5.41, 5.74) is 1.85. The minimum Gasteiger partial charge on any atom is -0.452 e. The Bertz CT molecular complexity index is 361. The van der Waals surface area contributed by atoms with Gasteiger partial charge < -0.3 is 9.84 Å². The third-order valence-corrected chi connectivity index (χ3v) is 2.61. The predicted molar refractivity (Wildman–Crippen MR) is 67.2 cm³/mol. The van der Waals surface area contributed by atoms with Crippen molar-refractivity contribution in [3.63, 3.8) is 0 Å². The summed E-state index contributed by atoms with van der Waals surface area (Å²) in [6, 6.07) is 7.52. The van der Waals surface area contributed by atoms with E-state index in [-0.39, 0.29) is 6.54 Å². The molecule has 0 spiro atoms. The van der Waals surface area contributed by atoms with Crippen molar-refractivity contribution in [1.29, 1.82) is 0 Å². The first kappa shape index (κ1) is 13.5. The Morgan fingerprint density at radius 3 is 2.47 bits per heavy atom. The molecule has 4 heteroatoms. The van der Waals surface area contributed by atoms with Gasteiger partial charge in [0.05, 0.1) is 19.8 Å². The second-order valence-electron chi connectivity index (χ2n) is 3.98. The highest BCUT2D eigenvalue weighted by Gasteiger charge is 2.18. The van der Waals surface area contributed by atoms with Crippen molar-refractivity contribution in [1.82, 2.24) is 0 Å². The summed E-state index contributed by atoms with van der Waals surface area (Å²) >= 11 is 0. The van der Waals surface area contributed by atoms with Gasteiger partial charge in [-0.15, -0.1) is 0 Å². The lowest BCUT2D eigenvalue weighted by molar-refractivity contribution is 0.156. The summed E-state index contributed by atoms with van der Waals surface area (Å²) in [4.78, 5) is 13.1. The van der Waals surface area contributed by atoms with Gasteiger partial charge in [0.2, 0.25) is 0 Å². The average molecular weight is 237 g/mol. The van der Waals surface area contributed by atoms with E-state index in [2.05, 4.69) is 0 Å². The molecule has 1 amide bonds. The largest absolute Gasteiger partial charge is 0.452 e. The molecule has 1 atom stereocenters. The monoisotopic (exact) mass is 237 g/mol. The van der Waals surface area contributed by atoms with Crippen molar-refractivity contribution >= 4 is 11.8 Å². The van der Waals surface area contributed by atoms with Gasteiger partial charge in [-0.05, 0) is 25.5 Å². The molecule has 0 heterocycles. The Balaban J connectivity index is 2.89. The Morgan fingerprint density at radius 2 is 2.00 bits per heavy atom. The molecule has 1 N–H and O–H groups in total. The number of carbonyl (C=O) groups excluding carboxylic acids is 1. The molecule has 0 saturated heterocycles. The Labute approximate surface area is 102 Å². The lowest BCUT2D eigenvalue weighted by Gasteiger charge is -2.23. The molecule has 0 aliphatic heterocycles. The smallest absolute Gasteiger partial charge is 0.414 e. The van der Waals surface area contributed by atoms with E-state index in [9.17, 15) is 9.90 Å². The summed E-state index contributed by atoms with van der Waals surface area (Å²) in [5.74, 6) is 0. The number of aliphatic hydroxyl groups excluding tert-OH is 1. The maximum Gasteiger partial charge on any atom is 0.414 e. The number of hydrogen-bond acceptors (Lipinski definition) is 3. The summed E-state index contributed by atoms with van der Waals surface area (Å²) < 4.78 is 4.72. The van der Waals surface area contributed by atoms with Crippen LogP contribution >= 0.6 is 0 Å². The number of aliphatic hydroxyl groups is 1. The number of methoxy groups -OCH3 is 1. The zero-order chi connectivity index (χ0) is 12.8. The van der Waals surface area contributed by atoms with Crippen LogP contribution in [-0.2, 0) is 4.74 Å². The molecule has 0 aliphatic carbocycles. The molecule has 94 valence electrons. The Hall–Kier alpha value is -1.55. The Morgan fingerprint density at radius 1 is 1.41 bits per heavy atom. The molecule has 0 aromatic heterocycles. The zero-order valence-electron chi connectivity index (χ0n) is 10.5. The fraction of sp³-hybridized carbons (Fsp3) is 0.462. The van der Waals surface area contributed by atoms with E-state index in [0.29, 0.717) is 6.42 Å². The van der Waals surface area contributed by atoms with E-state index in [4.69, 9.17) is 4.74 Å². The van der Waals surface area contributed by atoms with Crippen molar-refractivity contribution in [2.45, 2.75) is 26.4 Å². The number of ether oxygens (including phenoxy) is 1. The van der Waals surface area contributed by atoms with E-state index in [1.807, 2.05) is 38.1 Å². The minimum atomic E-state index is -0.546. The topological polar surface area (TPSA) is 49.8 Å². The summed E-state index contributed by atoms with van der Waals surface area (Å²) in [5, 5.41) is 9.64. The first-order valence-electron chi connectivity index (χ1n) is 5.68. The van der Waals surface area contributed by atoms with Crippen molar-refractivity contribution in [2.24, 2.45) is 0 Å². The second kappa shape index (κ2) is 6.25. The molecule has 1 unspecified atom stereocenters. The standard InChI is InChI=1S/C13H19NO3/c1-4-12(15)9-14(13(16)17-3)11-7-5-10(2)6-8-11/h5-8,12,15H,4,9H2,1-3H3. The van der Waals surface area contributed by atoms with E-state index >= 15 is 0 Å². The van der Waals surface area contributed by atoms with Gasteiger partial charge in [-0.3, -0.25) is 4.90 Å². The number of nitrogens with zero attached hydrogens (tertiary/aromatic N) is 1. The third kappa shape index (κ3) is 3.75. The summed E-state index contributed by atoms with van der Waals surface area (Å²) in [6.07, 6.45) is -0.406. The van der Waals surface area contributed by atoms with Crippen molar-refractivity contribution in [2.75, 3.05) is 18.6 Å². The lowest BCUT2D eigenvalue weighted by atomic mass is 10.2. The summed E-state index contributed by atoms with van der Waals surface area (Å²) in [6.45, 7) is 4.09. The maximum absolute atomic E-state index is 11.6. The zero-order valence-corrected chi connectivity index (χ0v) is 10.5. The number of rotatable bonds is 4. The van der Waals surface area contributed by atoms with Crippen LogP contribution < -0.4 is 4.90 Å². The van der Waals surface area contributed by atoms with Crippen molar-refractivity contribution < 1.29 is 14.6 Å². The molecule has 1 aromatic carbocycles. The van der Waals surface area contributed by atoms with Crippen LogP contribution in [0.4, 0.5) is 10.5 Å². The van der Waals surface area contributed by atoms with Crippen LogP contribution in [-0.4, -0.2) is 31.0 Å². The van der Waals surface area contributed by atoms with Gasteiger partial charge in [0.15, 0.2) is 0 Å². The van der Waals surface area contributed by atoms with Gasteiger partial charge in [0, 0.05) is 5.69 Å². The molecule has 1 rings (SSSR count). The SMILES string of the molecule is CCC(O)CN(C(=O)OC)c1ccc(C)cc1. The van der Waals surface area contributed by atoms with E-state index in [1.54, 1.807) is 0 Å². The van der Waals surface area contributed by atoms with Crippen LogP contribution in [0.1, 0.15) is 18.9 Å². The highest BCUT2D eigenvalue weighted by atomic mass is 16.5. The normalized spacial score (nSPS) is 12.0. The summed E-state index contributed by atoms with van der Waals surface area (Å²) in [7, 11) is 1.34. The van der Waals surface area contributed by atoms with Gasteiger partial charge in [-0.25, -0.2) is 4.79 Å². The van der Waals surface area contributed by atoms with E-state index in [0.717, 1.165) is 11.3 Å². The lowest BCUT2D eigenvalue weighted by Crippen LogP contribution is -2.37. The fourth-order valence-electron chi connectivity index (χ4n) is 1.46. The number of anilines is 1. The molecule has 1 aromatic rings. The Kier molecular flexibility index (Phi) is 4.97. The van der Waals surface area contributed by atoms with Crippen LogP contribution in [0.15, 0.2) is 24.3 Å². The van der Waals surface area contributed by atoms with Gasteiger partial charge >= 0.3 is 6.09 Å². The molecule has 0 radical (unpaired) electrons. The first-order chi connectivity index (χ1) is 8.08. The van der Waals surface area contributed by atoms with Crippen LogP contribution in [0.2, 0.25) is 0 Å². The van der Waals surface area contributed by atoms with Crippen LogP contribution in [0.25, 0.3) is 0 Å². The molecule has 17 heavy (non-hydrogen) atoms. The quantitative estimate of drug-likeness (QED) is 0.874. The van der Waals surface area contributed by atoms with Gasteiger partial charge in [-0.1, -0.05) is 24.6 Å². The minimum absolute atomic E-state index is 0.242. The van der Waals surface area contributed by atoms with Crippen LogP contribution in [0.5, 0.6) is 0 Å². The number of benzene rings is 1. The average Bonchev–Trinajstić information content (AvgIpc) is 2.36. The third-order valence-electron chi connectivity index (χ3n) is 2.61. The predicted octanol–water partition coefficient (Wildman–Crippen LogP) is 2.34. The maximum atomic E-state index is 11.6. The van der Waals surface area contributed by atoms with Crippen LogP contribution in [0.3, 0.4) is 0 Å². The molecule has 0 aliphatic rings.